The highest BCUT2D eigenvalue weighted by Gasteiger charge is 2.20. The number of rotatable bonds is 5. The molecule has 0 aliphatic carbocycles. The van der Waals surface area contributed by atoms with Crippen molar-refractivity contribution in [3.63, 3.8) is 0 Å². The van der Waals surface area contributed by atoms with Gasteiger partial charge in [0.2, 0.25) is 0 Å². The molecule has 2 aromatic carbocycles. The molecule has 0 amide bonds. The van der Waals surface area contributed by atoms with Gasteiger partial charge in [0.25, 0.3) is 11.1 Å². The van der Waals surface area contributed by atoms with Crippen LogP contribution in [-0.2, 0) is 0 Å². The summed E-state index contributed by atoms with van der Waals surface area (Å²) >= 11 is 7.52. The molecule has 1 atom stereocenters. The van der Waals surface area contributed by atoms with Gasteiger partial charge < -0.3 is 8.83 Å². The van der Waals surface area contributed by atoms with Gasteiger partial charge >= 0.3 is 0 Å². The summed E-state index contributed by atoms with van der Waals surface area (Å²) in [6, 6.07) is 21.5. The zero-order valence-corrected chi connectivity index (χ0v) is 14.6. The lowest BCUT2D eigenvalue weighted by Gasteiger charge is -2.15. The van der Waals surface area contributed by atoms with Gasteiger partial charge in [-0.05, 0) is 35.4 Å². The Hall–Kier alpha value is -2.50. The molecule has 4 nitrogen and oxygen atoms in total. The Morgan fingerprint density at radius 2 is 1.60 bits per heavy atom. The third-order valence-corrected chi connectivity index (χ3v) is 5.03. The molecule has 0 aliphatic heterocycles. The lowest BCUT2D eigenvalue weighted by molar-refractivity contribution is 0.447. The Morgan fingerprint density at radius 1 is 0.840 bits per heavy atom. The monoisotopic (exact) mass is 368 g/mol. The van der Waals surface area contributed by atoms with Crippen LogP contribution in [-0.4, -0.2) is 10.2 Å². The first-order valence-electron chi connectivity index (χ1n) is 7.64. The lowest BCUT2D eigenvalue weighted by atomic mass is 10.0. The van der Waals surface area contributed by atoms with Gasteiger partial charge in [-0.1, -0.05) is 65.8 Å². The highest BCUT2D eigenvalue weighted by molar-refractivity contribution is 7.99. The van der Waals surface area contributed by atoms with E-state index < -0.39 is 0 Å². The summed E-state index contributed by atoms with van der Waals surface area (Å²) in [5.41, 5.74) is 2.26. The van der Waals surface area contributed by atoms with Crippen molar-refractivity contribution in [3.05, 3.63) is 89.1 Å². The predicted molar refractivity (Wildman–Crippen MR) is 97.6 cm³/mol. The van der Waals surface area contributed by atoms with Gasteiger partial charge in [-0.15, -0.1) is 10.2 Å². The topological polar surface area (TPSA) is 52.1 Å². The average molecular weight is 369 g/mol. The molecule has 4 aromatic rings. The van der Waals surface area contributed by atoms with Crippen LogP contribution in [0, 0.1) is 0 Å². The summed E-state index contributed by atoms with van der Waals surface area (Å²) in [4.78, 5) is 0. The first-order valence-corrected chi connectivity index (χ1v) is 8.90. The molecular formula is C19H13ClN2O2S. The number of aromatic nitrogens is 2. The fourth-order valence-electron chi connectivity index (χ4n) is 2.45. The third-order valence-electron chi connectivity index (χ3n) is 3.63. The van der Waals surface area contributed by atoms with Gasteiger partial charge in [-0.3, -0.25) is 0 Å². The van der Waals surface area contributed by atoms with Gasteiger partial charge in [-0.25, -0.2) is 0 Å². The van der Waals surface area contributed by atoms with Crippen molar-refractivity contribution in [2.24, 2.45) is 0 Å². The summed E-state index contributed by atoms with van der Waals surface area (Å²) in [5, 5.41) is 9.41. The second-order valence-electron chi connectivity index (χ2n) is 5.31. The molecule has 6 heteroatoms. The molecule has 0 radical (unpaired) electrons. The third kappa shape index (κ3) is 3.62. The molecule has 0 spiro atoms. The zero-order valence-electron chi connectivity index (χ0n) is 13.0. The second-order valence-corrected chi connectivity index (χ2v) is 6.80. The van der Waals surface area contributed by atoms with Crippen molar-refractivity contribution >= 4 is 23.4 Å². The predicted octanol–water partition coefficient (Wildman–Crippen LogP) is 5.86. The molecule has 2 aromatic heterocycles. The second kappa shape index (κ2) is 7.17. The first-order chi connectivity index (χ1) is 12.3. The fourth-order valence-corrected chi connectivity index (χ4v) is 3.58. The molecular weight excluding hydrogens is 356 g/mol. The van der Waals surface area contributed by atoms with Gasteiger partial charge in [0, 0.05) is 5.02 Å². The Bertz CT molecular complexity index is 937. The SMILES string of the molecule is Clc1ccc([C@H](Sc2nnc(-c3ccco3)o2)c2ccccc2)cc1. The van der Waals surface area contributed by atoms with Crippen molar-refractivity contribution in [2.75, 3.05) is 0 Å². The summed E-state index contributed by atoms with van der Waals surface area (Å²) in [6.45, 7) is 0. The number of thioether (sulfide) groups is 1. The smallest absolute Gasteiger partial charge is 0.284 e. The minimum atomic E-state index is 0.0170. The van der Waals surface area contributed by atoms with Crippen molar-refractivity contribution in [1.82, 2.24) is 10.2 Å². The summed E-state index contributed by atoms with van der Waals surface area (Å²) in [5.74, 6) is 0.928. The number of hydrogen-bond donors (Lipinski definition) is 0. The Kier molecular flexibility index (Phi) is 4.59. The zero-order chi connectivity index (χ0) is 17.1. The van der Waals surface area contributed by atoms with Crippen LogP contribution >= 0.6 is 23.4 Å². The molecule has 0 N–H and O–H groups in total. The van der Waals surface area contributed by atoms with Crippen LogP contribution in [0.5, 0.6) is 0 Å². The van der Waals surface area contributed by atoms with E-state index >= 15 is 0 Å². The molecule has 124 valence electrons. The quantitative estimate of drug-likeness (QED) is 0.412. The molecule has 2 heterocycles. The highest BCUT2D eigenvalue weighted by Crippen LogP contribution is 2.40. The Morgan fingerprint density at radius 3 is 2.32 bits per heavy atom. The molecule has 25 heavy (non-hydrogen) atoms. The number of benzene rings is 2. The lowest BCUT2D eigenvalue weighted by Crippen LogP contribution is -1.96. The largest absolute Gasteiger partial charge is 0.459 e. The van der Waals surface area contributed by atoms with E-state index in [1.54, 1.807) is 18.4 Å². The van der Waals surface area contributed by atoms with Crippen LogP contribution < -0.4 is 0 Å². The molecule has 0 saturated carbocycles. The van der Waals surface area contributed by atoms with Crippen LogP contribution in [0.1, 0.15) is 16.4 Å². The van der Waals surface area contributed by atoms with Gasteiger partial charge in [0.1, 0.15) is 0 Å². The number of nitrogens with zero attached hydrogens (tertiary/aromatic N) is 2. The van der Waals surface area contributed by atoms with Crippen LogP contribution in [0.15, 0.2) is 87.1 Å². The Labute approximate surface area is 153 Å². The van der Waals surface area contributed by atoms with E-state index in [2.05, 4.69) is 22.3 Å². The van der Waals surface area contributed by atoms with Crippen LogP contribution in [0.3, 0.4) is 0 Å². The normalized spacial score (nSPS) is 12.2. The van der Waals surface area contributed by atoms with E-state index in [0.717, 1.165) is 11.1 Å². The highest BCUT2D eigenvalue weighted by atomic mass is 35.5. The van der Waals surface area contributed by atoms with Crippen molar-refractivity contribution in [3.8, 4) is 11.7 Å². The van der Waals surface area contributed by atoms with E-state index in [1.165, 1.54) is 11.8 Å². The standard InChI is InChI=1S/C19H13ClN2O2S/c20-15-10-8-14(9-11-15)17(13-5-2-1-3-6-13)25-19-22-21-18(24-19)16-7-4-12-23-16/h1-12,17H/t17-/m1/s1. The van der Waals surface area contributed by atoms with Crippen LogP contribution in [0.4, 0.5) is 0 Å². The summed E-state index contributed by atoms with van der Waals surface area (Å²) in [7, 11) is 0. The minimum absolute atomic E-state index is 0.0170. The van der Waals surface area contributed by atoms with E-state index in [-0.39, 0.29) is 5.25 Å². The summed E-state index contributed by atoms with van der Waals surface area (Å²) in [6.07, 6.45) is 1.58. The maximum atomic E-state index is 6.02. The maximum Gasteiger partial charge on any atom is 0.284 e. The average Bonchev–Trinajstić information content (AvgIpc) is 3.33. The molecule has 0 unspecified atom stereocenters. The number of hydrogen-bond acceptors (Lipinski definition) is 5. The van der Waals surface area contributed by atoms with Crippen molar-refractivity contribution in [2.45, 2.75) is 10.5 Å². The van der Waals surface area contributed by atoms with Crippen molar-refractivity contribution in [1.29, 1.82) is 0 Å². The van der Waals surface area contributed by atoms with Gasteiger partial charge in [-0.2, -0.15) is 0 Å². The molecule has 0 bridgehead atoms. The number of furan rings is 1. The van der Waals surface area contributed by atoms with E-state index in [0.29, 0.717) is 21.9 Å². The van der Waals surface area contributed by atoms with Crippen molar-refractivity contribution < 1.29 is 8.83 Å². The van der Waals surface area contributed by atoms with E-state index in [4.69, 9.17) is 20.4 Å². The molecule has 0 saturated heterocycles. The number of halogens is 1. The van der Waals surface area contributed by atoms with Gasteiger partial charge in [0.05, 0.1) is 11.5 Å². The minimum Gasteiger partial charge on any atom is -0.459 e. The fraction of sp³-hybridized carbons (Fsp3) is 0.0526. The first kappa shape index (κ1) is 16.0. The molecule has 0 fully saturated rings. The van der Waals surface area contributed by atoms with Crippen LogP contribution in [0.25, 0.3) is 11.7 Å². The Balaban J connectivity index is 1.66. The van der Waals surface area contributed by atoms with Gasteiger partial charge in [0.15, 0.2) is 5.76 Å². The maximum absolute atomic E-state index is 6.02. The molecule has 4 rings (SSSR count). The summed E-state index contributed by atoms with van der Waals surface area (Å²) < 4.78 is 11.0. The molecule has 0 aliphatic rings. The van der Waals surface area contributed by atoms with Crippen LogP contribution in [0.2, 0.25) is 5.02 Å². The van der Waals surface area contributed by atoms with E-state index in [9.17, 15) is 0 Å². The van der Waals surface area contributed by atoms with E-state index in [1.807, 2.05) is 42.5 Å².